The predicted molar refractivity (Wildman–Crippen MR) is 84.5 cm³/mol. The number of thiophene rings is 1. The Hall–Kier alpha value is -1.69. The number of carbonyl (C=O) groups is 1. The van der Waals surface area contributed by atoms with Gasteiger partial charge in [-0.3, -0.25) is 9.36 Å². The van der Waals surface area contributed by atoms with Crippen LogP contribution in [0.3, 0.4) is 0 Å². The zero-order valence-electron chi connectivity index (χ0n) is 12.6. The highest BCUT2D eigenvalue weighted by Crippen LogP contribution is 2.35. The standard InChI is InChI=1S/C16H18N2O3S/c1-2-21-16(20)10-7-8-12-17-14-13(15(19)18(10)12)9-5-3-4-6-11(9)22-14/h10H,2-8H2,1H3. The molecule has 0 fully saturated rings. The number of rotatable bonds is 2. The van der Waals surface area contributed by atoms with Crippen molar-refractivity contribution in [3.8, 4) is 0 Å². The number of nitrogens with zero attached hydrogens (tertiary/aromatic N) is 2. The topological polar surface area (TPSA) is 61.2 Å². The van der Waals surface area contributed by atoms with Crippen molar-refractivity contribution in [1.82, 2.24) is 9.55 Å². The average molecular weight is 318 g/mol. The molecule has 0 radical (unpaired) electrons. The van der Waals surface area contributed by atoms with Crippen LogP contribution in [0.5, 0.6) is 0 Å². The molecule has 1 aliphatic heterocycles. The lowest BCUT2D eigenvalue weighted by Gasteiger charge is -2.14. The van der Waals surface area contributed by atoms with Gasteiger partial charge in [0.25, 0.3) is 5.56 Å². The summed E-state index contributed by atoms with van der Waals surface area (Å²) in [6, 6.07) is -0.501. The number of aromatic nitrogens is 2. The molecule has 0 aromatic carbocycles. The molecule has 0 amide bonds. The van der Waals surface area contributed by atoms with Crippen LogP contribution in [-0.4, -0.2) is 22.1 Å². The van der Waals surface area contributed by atoms with Crippen molar-refractivity contribution in [2.24, 2.45) is 0 Å². The molecule has 0 N–H and O–H groups in total. The summed E-state index contributed by atoms with van der Waals surface area (Å²) in [5, 5.41) is 0.750. The van der Waals surface area contributed by atoms with Crippen molar-refractivity contribution in [1.29, 1.82) is 0 Å². The molecule has 1 atom stereocenters. The van der Waals surface area contributed by atoms with E-state index in [1.54, 1.807) is 22.8 Å². The fourth-order valence-corrected chi connectivity index (χ4v) is 4.88. The van der Waals surface area contributed by atoms with Crippen LogP contribution >= 0.6 is 11.3 Å². The first-order valence-electron chi connectivity index (χ1n) is 7.93. The number of hydrogen-bond donors (Lipinski definition) is 0. The Morgan fingerprint density at radius 2 is 2.18 bits per heavy atom. The van der Waals surface area contributed by atoms with E-state index in [0.29, 0.717) is 19.4 Å². The highest BCUT2D eigenvalue weighted by molar-refractivity contribution is 7.18. The molecule has 2 aromatic rings. The van der Waals surface area contributed by atoms with E-state index < -0.39 is 6.04 Å². The number of aryl methyl sites for hydroxylation is 3. The van der Waals surface area contributed by atoms with E-state index in [0.717, 1.165) is 35.3 Å². The molecular formula is C16H18N2O3S. The first kappa shape index (κ1) is 13.9. The van der Waals surface area contributed by atoms with E-state index >= 15 is 0 Å². The van der Waals surface area contributed by atoms with Crippen LogP contribution in [0.2, 0.25) is 0 Å². The molecule has 2 aliphatic rings. The minimum atomic E-state index is -0.501. The van der Waals surface area contributed by atoms with Crippen LogP contribution in [0.15, 0.2) is 4.79 Å². The highest BCUT2D eigenvalue weighted by atomic mass is 32.1. The van der Waals surface area contributed by atoms with Crippen LogP contribution in [0.25, 0.3) is 10.2 Å². The lowest BCUT2D eigenvalue weighted by molar-refractivity contribution is -0.147. The van der Waals surface area contributed by atoms with Crippen LogP contribution in [0, 0.1) is 0 Å². The second kappa shape index (κ2) is 5.19. The van der Waals surface area contributed by atoms with Gasteiger partial charge in [0, 0.05) is 11.3 Å². The third-order valence-corrected chi connectivity index (χ3v) is 5.79. The smallest absolute Gasteiger partial charge is 0.329 e. The highest BCUT2D eigenvalue weighted by Gasteiger charge is 2.33. The van der Waals surface area contributed by atoms with Crippen molar-refractivity contribution in [3.63, 3.8) is 0 Å². The number of esters is 1. The van der Waals surface area contributed by atoms with Crippen LogP contribution < -0.4 is 5.56 Å². The molecule has 116 valence electrons. The summed E-state index contributed by atoms with van der Waals surface area (Å²) < 4.78 is 6.71. The first-order valence-corrected chi connectivity index (χ1v) is 8.74. The van der Waals surface area contributed by atoms with Gasteiger partial charge in [0.2, 0.25) is 0 Å². The van der Waals surface area contributed by atoms with Gasteiger partial charge in [0.05, 0.1) is 12.0 Å². The fourth-order valence-electron chi connectivity index (χ4n) is 3.61. The number of hydrogen-bond acceptors (Lipinski definition) is 5. The van der Waals surface area contributed by atoms with Crippen LogP contribution in [0.1, 0.15) is 48.5 Å². The van der Waals surface area contributed by atoms with Crippen molar-refractivity contribution in [2.75, 3.05) is 6.61 Å². The monoisotopic (exact) mass is 318 g/mol. The van der Waals surface area contributed by atoms with Crippen LogP contribution in [-0.2, 0) is 28.8 Å². The Labute approximate surface area is 131 Å². The predicted octanol–water partition coefficient (Wildman–Crippen LogP) is 2.39. The van der Waals surface area contributed by atoms with Crippen molar-refractivity contribution in [2.45, 2.75) is 51.5 Å². The molecule has 0 saturated carbocycles. The lowest BCUT2D eigenvalue weighted by atomic mass is 9.97. The molecule has 4 rings (SSSR count). The Kier molecular flexibility index (Phi) is 3.29. The second-order valence-electron chi connectivity index (χ2n) is 5.90. The maximum Gasteiger partial charge on any atom is 0.329 e. The Balaban J connectivity index is 1.91. The molecule has 1 unspecified atom stereocenters. The average Bonchev–Trinajstić information content (AvgIpc) is 3.08. The third-order valence-electron chi connectivity index (χ3n) is 4.61. The summed E-state index contributed by atoms with van der Waals surface area (Å²) >= 11 is 1.66. The Morgan fingerprint density at radius 1 is 1.36 bits per heavy atom. The van der Waals surface area contributed by atoms with Crippen molar-refractivity contribution in [3.05, 3.63) is 26.6 Å². The lowest BCUT2D eigenvalue weighted by Crippen LogP contribution is -2.30. The summed E-state index contributed by atoms with van der Waals surface area (Å²) in [5.41, 5.74) is 1.13. The van der Waals surface area contributed by atoms with Gasteiger partial charge in [-0.15, -0.1) is 11.3 Å². The van der Waals surface area contributed by atoms with Gasteiger partial charge in [-0.25, -0.2) is 9.78 Å². The zero-order valence-corrected chi connectivity index (χ0v) is 13.4. The summed E-state index contributed by atoms with van der Waals surface area (Å²) in [4.78, 5) is 32.0. The molecule has 6 heteroatoms. The molecule has 0 spiro atoms. The Morgan fingerprint density at radius 3 is 3.00 bits per heavy atom. The van der Waals surface area contributed by atoms with Crippen molar-refractivity contribution >= 4 is 27.5 Å². The Bertz CT molecular complexity index is 821. The molecule has 0 bridgehead atoms. The molecular weight excluding hydrogens is 300 g/mol. The van der Waals surface area contributed by atoms with Gasteiger partial charge >= 0.3 is 5.97 Å². The molecule has 0 saturated heterocycles. The van der Waals surface area contributed by atoms with E-state index in [1.807, 2.05) is 0 Å². The van der Waals surface area contributed by atoms with Crippen LogP contribution in [0.4, 0.5) is 0 Å². The molecule has 5 nitrogen and oxygen atoms in total. The first-order chi connectivity index (χ1) is 10.7. The number of ether oxygens (including phenoxy) is 1. The van der Waals surface area contributed by atoms with Gasteiger partial charge in [-0.2, -0.15) is 0 Å². The van der Waals surface area contributed by atoms with E-state index in [-0.39, 0.29) is 11.5 Å². The largest absolute Gasteiger partial charge is 0.464 e. The fraction of sp³-hybridized carbons (Fsp3) is 0.562. The molecule has 2 aromatic heterocycles. The molecule has 3 heterocycles. The molecule has 1 aliphatic carbocycles. The summed E-state index contributed by atoms with van der Waals surface area (Å²) in [6.07, 6.45) is 5.59. The minimum absolute atomic E-state index is 0.0463. The summed E-state index contributed by atoms with van der Waals surface area (Å²) in [6.45, 7) is 2.12. The van der Waals surface area contributed by atoms with Gasteiger partial charge in [0.15, 0.2) is 0 Å². The number of fused-ring (bicyclic) bond motifs is 4. The quantitative estimate of drug-likeness (QED) is 0.798. The van der Waals surface area contributed by atoms with E-state index in [2.05, 4.69) is 4.98 Å². The van der Waals surface area contributed by atoms with Gasteiger partial charge in [-0.1, -0.05) is 0 Å². The second-order valence-corrected chi connectivity index (χ2v) is 6.98. The van der Waals surface area contributed by atoms with Gasteiger partial charge < -0.3 is 4.74 Å². The number of carbonyl (C=O) groups excluding carboxylic acids is 1. The van der Waals surface area contributed by atoms with Crippen molar-refractivity contribution < 1.29 is 9.53 Å². The molecule has 22 heavy (non-hydrogen) atoms. The van der Waals surface area contributed by atoms with E-state index in [9.17, 15) is 9.59 Å². The summed E-state index contributed by atoms with van der Waals surface area (Å²) in [7, 11) is 0. The maximum absolute atomic E-state index is 13.0. The third kappa shape index (κ3) is 1.93. The minimum Gasteiger partial charge on any atom is -0.464 e. The van der Waals surface area contributed by atoms with E-state index in [4.69, 9.17) is 4.74 Å². The SMILES string of the molecule is CCOC(=O)C1CCc2nc3sc4c(c3c(=O)n21)CCCC4. The maximum atomic E-state index is 13.0. The van der Waals surface area contributed by atoms with Gasteiger partial charge in [0.1, 0.15) is 16.7 Å². The summed E-state index contributed by atoms with van der Waals surface area (Å²) in [5.74, 6) is 0.419. The normalized spacial score (nSPS) is 20.0. The van der Waals surface area contributed by atoms with E-state index in [1.165, 1.54) is 16.9 Å². The van der Waals surface area contributed by atoms with Gasteiger partial charge in [-0.05, 0) is 44.6 Å². The zero-order chi connectivity index (χ0) is 15.3.